The Balaban J connectivity index is 1.55. The molecule has 1 aromatic heterocycles. The molecular weight excluding hydrogens is 304 g/mol. The van der Waals surface area contributed by atoms with Gasteiger partial charge in [-0.05, 0) is 25.0 Å². The highest BCUT2D eigenvalue weighted by Crippen LogP contribution is 2.21. The smallest absolute Gasteiger partial charge is 0.272 e. The molecule has 0 bridgehead atoms. The Bertz CT molecular complexity index is 573. The van der Waals surface area contributed by atoms with E-state index in [1.165, 1.54) is 32.1 Å². The lowest BCUT2D eigenvalue weighted by Gasteiger charge is -2.34. The van der Waals surface area contributed by atoms with Gasteiger partial charge in [0.2, 0.25) is 5.91 Å². The second-order valence-corrected chi connectivity index (χ2v) is 6.71. The summed E-state index contributed by atoms with van der Waals surface area (Å²) < 4.78 is 0. The van der Waals surface area contributed by atoms with Crippen molar-refractivity contribution in [2.45, 2.75) is 45.1 Å². The van der Waals surface area contributed by atoms with Crippen LogP contribution in [0.2, 0.25) is 0 Å². The summed E-state index contributed by atoms with van der Waals surface area (Å²) in [5.74, 6) is 0.0146. The molecule has 1 saturated carbocycles. The van der Waals surface area contributed by atoms with E-state index in [0.29, 0.717) is 37.9 Å². The highest BCUT2D eigenvalue weighted by molar-refractivity contribution is 5.92. The van der Waals surface area contributed by atoms with Gasteiger partial charge in [-0.15, -0.1) is 0 Å². The van der Waals surface area contributed by atoms with Crippen LogP contribution in [0.5, 0.6) is 0 Å². The van der Waals surface area contributed by atoms with Crippen molar-refractivity contribution < 1.29 is 9.59 Å². The standard InChI is InChI=1S/C18H26N4O2/c1-14(23)21-9-11-22(12-10-21)18(24)17-8-7-16(13-19-17)20-15-5-3-2-4-6-15/h7-8,13,15,20H,2-6,9-12H2,1H3. The number of carbonyl (C=O) groups is 2. The topological polar surface area (TPSA) is 65.5 Å². The van der Waals surface area contributed by atoms with Crippen LogP contribution in [0.1, 0.15) is 49.5 Å². The van der Waals surface area contributed by atoms with Crippen molar-refractivity contribution in [1.29, 1.82) is 0 Å². The molecule has 0 unspecified atom stereocenters. The second kappa shape index (κ2) is 7.64. The van der Waals surface area contributed by atoms with Gasteiger partial charge in [0.1, 0.15) is 5.69 Å². The minimum atomic E-state index is -0.0533. The van der Waals surface area contributed by atoms with Gasteiger partial charge in [0.05, 0.1) is 11.9 Å². The van der Waals surface area contributed by atoms with Crippen LogP contribution >= 0.6 is 0 Å². The molecule has 1 aromatic rings. The number of rotatable bonds is 3. The van der Waals surface area contributed by atoms with Crippen molar-refractivity contribution in [1.82, 2.24) is 14.8 Å². The molecule has 2 fully saturated rings. The number of aromatic nitrogens is 1. The van der Waals surface area contributed by atoms with Crippen molar-refractivity contribution >= 4 is 17.5 Å². The highest BCUT2D eigenvalue weighted by Gasteiger charge is 2.24. The van der Waals surface area contributed by atoms with Gasteiger partial charge >= 0.3 is 0 Å². The van der Waals surface area contributed by atoms with Gasteiger partial charge < -0.3 is 15.1 Å². The SMILES string of the molecule is CC(=O)N1CCN(C(=O)c2ccc(NC3CCCCC3)cn2)CC1. The molecule has 24 heavy (non-hydrogen) atoms. The molecule has 1 saturated heterocycles. The first kappa shape index (κ1) is 16.7. The summed E-state index contributed by atoms with van der Waals surface area (Å²) in [4.78, 5) is 31.8. The Morgan fingerprint density at radius 3 is 2.29 bits per heavy atom. The molecule has 1 aliphatic carbocycles. The Morgan fingerprint density at radius 2 is 1.71 bits per heavy atom. The lowest BCUT2D eigenvalue weighted by atomic mass is 9.95. The van der Waals surface area contributed by atoms with Gasteiger partial charge in [0.15, 0.2) is 0 Å². The van der Waals surface area contributed by atoms with Gasteiger partial charge in [-0.2, -0.15) is 0 Å². The Labute approximate surface area is 143 Å². The third kappa shape index (κ3) is 4.04. The summed E-state index contributed by atoms with van der Waals surface area (Å²) in [6.07, 6.45) is 8.08. The second-order valence-electron chi connectivity index (χ2n) is 6.71. The lowest BCUT2D eigenvalue weighted by Crippen LogP contribution is -2.50. The summed E-state index contributed by atoms with van der Waals surface area (Å²) in [6.45, 7) is 3.91. The first-order valence-corrected chi connectivity index (χ1v) is 8.91. The zero-order valence-electron chi connectivity index (χ0n) is 14.3. The van der Waals surface area contributed by atoms with E-state index in [1.54, 1.807) is 29.0 Å². The van der Waals surface area contributed by atoms with Gasteiger partial charge in [0, 0.05) is 39.1 Å². The molecule has 0 radical (unpaired) electrons. The van der Waals surface area contributed by atoms with Crippen LogP contribution in [0, 0.1) is 0 Å². The molecule has 6 nitrogen and oxygen atoms in total. The predicted octanol–water partition coefficient (Wildman–Crippen LogP) is 2.13. The van der Waals surface area contributed by atoms with E-state index in [-0.39, 0.29) is 11.8 Å². The quantitative estimate of drug-likeness (QED) is 0.922. The van der Waals surface area contributed by atoms with E-state index in [4.69, 9.17) is 0 Å². The molecule has 130 valence electrons. The van der Waals surface area contributed by atoms with Crippen LogP contribution in [-0.4, -0.2) is 58.8 Å². The van der Waals surface area contributed by atoms with E-state index in [0.717, 1.165) is 5.69 Å². The molecular formula is C18H26N4O2. The average molecular weight is 330 g/mol. The lowest BCUT2D eigenvalue weighted by molar-refractivity contribution is -0.130. The van der Waals surface area contributed by atoms with E-state index >= 15 is 0 Å². The maximum Gasteiger partial charge on any atom is 0.272 e. The molecule has 1 N–H and O–H groups in total. The van der Waals surface area contributed by atoms with Crippen LogP contribution in [0.25, 0.3) is 0 Å². The van der Waals surface area contributed by atoms with Crippen molar-refractivity contribution in [2.24, 2.45) is 0 Å². The number of hydrogen-bond donors (Lipinski definition) is 1. The minimum absolute atomic E-state index is 0.0533. The molecule has 1 aliphatic heterocycles. The third-order valence-electron chi connectivity index (χ3n) is 4.97. The van der Waals surface area contributed by atoms with Gasteiger partial charge in [-0.1, -0.05) is 19.3 Å². The highest BCUT2D eigenvalue weighted by atomic mass is 16.2. The number of piperazine rings is 1. The van der Waals surface area contributed by atoms with Crippen molar-refractivity contribution in [2.75, 3.05) is 31.5 Å². The fourth-order valence-electron chi connectivity index (χ4n) is 3.47. The van der Waals surface area contributed by atoms with Crippen LogP contribution < -0.4 is 5.32 Å². The maximum atomic E-state index is 12.5. The van der Waals surface area contributed by atoms with Crippen LogP contribution in [0.4, 0.5) is 5.69 Å². The van der Waals surface area contributed by atoms with E-state index < -0.39 is 0 Å². The van der Waals surface area contributed by atoms with Gasteiger partial charge in [0.25, 0.3) is 5.91 Å². The number of anilines is 1. The molecule has 3 rings (SSSR count). The zero-order valence-corrected chi connectivity index (χ0v) is 14.3. The van der Waals surface area contributed by atoms with Crippen LogP contribution in [-0.2, 0) is 4.79 Å². The van der Waals surface area contributed by atoms with E-state index in [2.05, 4.69) is 10.3 Å². The molecule has 2 amide bonds. The minimum Gasteiger partial charge on any atom is -0.381 e. The largest absolute Gasteiger partial charge is 0.381 e. The summed E-state index contributed by atoms with van der Waals surface area (Å²) >= 11 is 0. The number of hydrogen-bond acceptors (Lipinski definition) is 4. The maximum absolute atomic E-state index is 12.5. The summed E-state index contributed by atoms with van der Waals surface area (Å²) in [5, 5.41) is 3.51. The first-order valence-electron chi connectivity index (χ1n) is 8.91. The molecule has 0 spiro atoms. The number of amides is 2. The van der Waals surface area contributed by atoms with Gasteiger partial charge in [-0.25, -0.2) is 4.98 Å². The third-order valence-corrected chi connectivity index (χ3v) is 4.97. The fourth-order valence-corrected chi connectivity index (χ4v) is 3.47. The van der Waals surface area contributed by atoms with Crippen LogP contribution in [0.3, 0.4) is 0 Å². The molecule has 2 heterocycles. The molecule has 6 heteroatoms. The summed E-state index contributed by atoms with van der Waals surface area (Å²) in [5.41, 5.74) is 1.46. The van der Waals surface area contributed by atoms with E-state index in [1.807, 2.05) is 6.07 Å². The van der Waals surface area contributed by atoms with Crippen LogP contribution in [0.15, 0.2) is 18.3 Å². The number of carbonyl (C=O) groups excluding carboxylic acids is 2. The summed E-state index contributed by atoms with van der Waals surface area (Å²) in [6, 6.07) is 4.27. The van der Waals surface area contributed by atoms with Crippen molar-refractivity contribution in [3.8, 4) is 0 Å². The van der Waals surface area contributed by atoms with E-state index in [9.17, 15) is 9.59 Å². The Kier molecular flexibility index (Phi) is 5.33. The zero-order chi connectivity index (χ0) is 16.9. The Morgan fingerprint density at radius 1 is 1.04 bits per heavy atom. The molecule has 2 aliphatic rings. The van der Waals surface area contributed by atoms with Gasteiger partial charge in [-0.3, -0.25) is 9.59 Å². The normalized spacial score (nSPS) is 19.2. The monoisotopic (exact) mass is 330 g/mol. The number of pyridine rings is 1. The Hall–Kier alpha value is -2.11. The predicted molar refractivity (Wildman–Crippen MR) is 92.9 cm³/mol. The first-order chi connectivity index (χ1) is 11.6. The summed E-state index contributed by atoms with van der Waals surface area (Å²) in [7, 11) is 0. The fraction of sp³-hybridized carbons (Fsp3) is 0.611. The molecule has 0 aromatic carbocycles. The van der Waals surface area contributed by atoms with Crippen molar-refractivity contribution in [3.05, 3.63) is 24.0 Å². The average Bonchev–Trinajstić information content (AvgIpc) is 2.63. The molecule has 0 atom stereocenters. The number of nitrogens with one attached hydrogen (secondary N) is 1. The number of nitrogens with zero attached hydrogens (tertiary/aromatic N) is 3. The van der Waals surface area contributed by atoms with Crippen molar-refractivity contribution in [3.63, 3.8) is 0 Å².